The summed E-state index contributed by atoms with van der Waals surface area (Å²) in [5, 5.41) is 12.5. The summed E-state index contributed by atoms with van der Waals surface area (Å²) in [5.41, 5.74) is 1.29. The van der Waals surface area contributed by atoms with Gasteiger partial charge < -0.3 is 4.74 Å². The van der Waals surface area contributed by atoms with Crippen LogP contribution in [0.15, 0.2) is 36.4 Å². The molecule has 142 valence electrons. The molecule has 0 saturated heterocycles. The van der Waals surface area contributed by atoms with Gasteiger partial charge in [0.1, 0.15) is 4.88 Å². The van der Waals surface area contributed by atoms with Gasteiger partial charge in [-0.2, -0.15) is 0 Å². The second-order valence-corrected chi connectivity index (χ2v) is 7.74. The Morgan fingerprint density at radius 1 is 1.11 bits per heavy atom. The fraction of sp³-hybridized carbons (Fsp3) is 0.278. The van der Waals surface area contributed by atoms with E-state index in [1.165, 1.54) is 12.1 Å². The van der Waals surface area contributed by atoms with E-state index < -0.39 is 29.3 Å². The molecule has 0 fully saturated rings. The van der Waals surface area contributed by atoms with E-state index in [-0.39, 0.29) is 15.3 Å². The Labute approximate surface area is 159 Å². The molecule has 0 atom stereocenters. The van der Waals surface area contributed by atoms with Gasteiger partial charge in [-0.05, 0) is 29.2 Å². The van der Waals surface area contributed by atoms with Crippen molar-refractivity contribution in [2.24, 2.45) is 0 Å². The summed E-state index contributed by atoms with van der Waals surface area (Å²) in [6.07, 6.45) is 0. The zero-order valence-corrected chi connectivity index (χ0v) is 15.8. The SMILES string of the molecule is CC(C)(C)c1ccc(C(=O)NC(=O)COC(=O)c2ccc([N+](=O)[O-])s2)cc1. The number of esters is 1. The third-order valence-electron chi connectivity index (χ3n) is 3.57. The van der Waals surface area contributed by atoms with Crippen LogP contribution in [0.25, 0.3) is 0 Å². The van der Waals surface area contributed by atoms with Crippen molar-refractivity contribution in [1.82, 2.24) is 5.32 Å². The highest BCUT2D eigenvalue weighted by Gasteiger charge is 2.19. The molecule has 0 spiro atoms. The largest absolute Gasteiger partial charge is 0.451 e. The molecule has 2 rings (SSSR count). The summed E-state index contributed by atoms with van der Waals surface area (Å²) < 4.78 is 4.77. The minimum Gasteiger partial charge on any atom is -0.451 e. The molecule has 2 aromatic rings. The second kappa shape index (κ2) is 8.09. The summed E-state index contributed by atoms with van der Waals surface area (Å²) in [5.74, 6) is -2.27. The van der Waals surface area contributed by atoms with Crippen LogP contribution in [-0.4, -0.2) is 29.3 Å². The highest BCUT2D eigenvalue weighted by Crippen LogP contribution is 2.24. The van der Waals surface area contributed by atoms with Crippen LogP contribution >= 0.6 is 11.3 Å². The first-order valence-corrected chi connectivity index (χ1v) is 8.75. The molecule has 1 N–H and O–H groups in total. The molecule has 1 aromatic heterocycles. The standard InChI is InChI=1S/C18H18N2O6S/c1-18(2,3)12-6-4-11(5-7-12)16(22)19-14(21)10-26-17(23)13-8-9-15(27-13)20(24)25/h4-9H,10H2,1-3H3,(H,19,21,22). The molecule has 2 amide bonds. The molecule has 27 heavy (non-hydrogen) atoms. The molecular formula is C18H18N2O6S. The third-order valence-corrected chi connectivity index (χ3v) is 4.59. The topological polar surface area (TPSA) is 116 Å². The van der Waals surface area contributed by atoms with E-state index in [4.69, 9.17) is 4.74 Å². The number of carbonyl (C=O) groups is 3. The Kier molecular flexibility index (Phi) is 6.06. The molecule has 0 radical (unpaired) electrons. The molecule has 8 nitrogen and oxygen atoms in total. The molecule has 0 saturated carbocycles. The molecule has 0 aliphatic rings. The molecule has 0 unspecified atom stereocenters. The van der Waals surface area contributed by atoms with Crippen LogP contribution in [0.4, 0.5) is 5.00 Å². The van der Waals surface area contributed by atoms with Gasteiger partial charge in [-0.1, -0.05) is 44.2 Å². The van der Waals surface area contributed by atoms with Crippen LogP contribution in [0.1, 0.15) is 46.4 Å². The Morgan fingerprint density at radius 3 is 2.26 bits per heavy atom. The van der Waals surface area contributed by atoms with Gasteiger partial charge >= 0.3 is 11.0 Å². The van der Waals surface area contributed by atoms with Crippen LogP contribution in [-0.2, 0) is 14.9 Å². The molecule has 0 aliphatic carbocycles. The zero-order chi connectivity index (χ0) is 20.2. The minimum absolute atomic E-state index is 0.00130. The number of rotatable bonds is 5. The van der Waals surface area contributed by atoms with Crippen LogP contribution in [0.3, 0.4) is 0 Å². The first kappa shape index (κ1) is 20.2. The zero-order valence-electron chi connectivity index (χ0n) is 15.0. The molecule has 1 heterocycles. The fourth-order valence-corrected chi connectivity index (χ4v) is 2.81. The van der Waals surface area contributed by atoms with Gasteiger partial charge in [0.2, 0.25) is 0 Å². The number of nitro groups is 1. The van der Waals surface area contributed by atoms with Crippen molar-refractivity contribution in [1.29, 1.82) is 0 Å². The quantitative estimate of drug-likeness (QED) is 0.476. The summed E-state index contributed by atoms with van der Waals surface area (Å²) in [4.78, 5) is 45.6. The van der Waals surface area contributed by atoms with E-state index in [9.17, 15) is 24.5 Å². The number of hydrogen-bond acceptors (Lipinski definition) is 7. The Bertz CT molecular complexity index is 880. The number of amides is 2. The highest BCUT2D eigenvalue weighted by atomic mass is 32.1. The average Bonchev–Trinajstić information content (AvgIpc) is 3.09. The maximum absolute atomic E-state index is 12.1. The Balaban J connectivity index is 1.88. The Hall–Kier alpha value is -3.07. The number of nitrogens with one attached hydrogen (secondary N) is 1. The molecule has 1 aromatic carbocycles. The molecule has 0 aliphatic heterocycles. The number of nitrogens with zero attached hydrogens (tertiary/aromatic N) is 1. The van der Waals surface area contributed by atoms with Crippen LogP contribution in [0.5, 0.6) is 0 Å². The number of ether oxygens (including phenoxy) is 1. The highest BCUT2D eigenvalue weighted by molar-refractivity contribution is 7.17. The summed E-state index contributed by atoms with van der Waals surface area (Å²) in [6.45, 7) is 5.46. The van der Waals surface area contributed by atoms with Gasteiger partial charge in [-0.3, -0.25) is 25.0 Å². The lowest BCUT2D eigenvalue weighted by Crippen LogP contribution is -2.34. The predicted molar refractivity (Wildman–Crippen MR) is 98.9 cm³/mol. The number of hydrogen-bond donors (Lipinski definition) is 1. The van der Waals surface area contributed by atoms with Gasteiger partial charge in [-0.25, -0.2) is 4.79 Å². The first-order chi connectivity index (χ1) is 12.6. The summed E-state index contributed by atoms with van der Waals surface area (Å²) >= 11 is 0.642. The smallest absolute Gasteiger partial charge is 0.349 e. The summed E-state index contributed by atoms with van der Waals surface area (Å²) in [6, 6.07) is 9.25. The van der Waals surface area contributed by atoms with Gasteiger partial charge in [0.15, 0.2) is 6.61 Å². The second-order valence-electron chi connectivity index (χ2n) is 6.68. The van der Waals surface area contributed by atoms with Crippen molar-refractivity contribution >= 4 is 34.1 Å². The van der Waals surface area contributed by atoms with Crippen molar-refractivity contribution in [2.75, 3.05) is 6.61 Å². The van der Waals surface area contributed by atoms with E-state index in [0.717, 1.165) is 5.56 Å². The van der Waals surface area contributed by atoms with Gasteiger partial charge in [0.25, 0.3) is 11.8 Å². The van der Waals surface area contributed by atoms with E-state index in [0.29, 0.717) is 16.9 Å². The molecular weight excluding hydrogens is 372 g/mol. The number of imide groups is 1. The van der Waals surface area contributed by atoms with E-state index in [2.05, 4.69) is 5.32 Å². The molecule has 0 bridgehead atoms. The number of carbonyl (C=O) groups excluding carboxylic acids is 3. The lowest BCUT2D eigenvalue weighted by Gasteiger charge is -2.18. The number of benzene rings is 1. The van der Waals surface area contributed by atoms with Gasteiger partial charge in [0.05, 0.1) is 4.92 Å². The van der Waals surface area contributed by atoms with Crippen LogP contribution < -0.4 is 5.32 Å². The maximum atomic E-state index is 12.1. The minimum atomic E-state index is -0.870. The van der Waals surface area contributed by atoms with Crippen LogP contribution in [0, 0.1) is 10.1 Å². The molecule has 9 heteroatoms. The van der Waals surface area contributed by atoms with Crippen LogP contribution in [0.2, 0.25) is 0 Å². The normalized spacial score (nSPS) is 10.9. The monoisotopic (exact) mass is 390 g/mol. The van der Waals surface area contributed by atoms with Crippen molar-refractivity contribution in [3.05, 3.63) is 62.5 Å². The van der Waals surface area contributed by atoms with Gasteiger partial charge in [-0.15, -0.1) is 0 Å². The Morgan fingerprint density at radius 2 is 1.74 bits per heavy atom. The predicted octanol–water partition coefficient (Wildman–Crippen LogP) is 3.07. The summed E-state index contributed by atoms with van der Waals surface area (Å²) in [7, 11) is 0. The van der Waals surface area contributed by atoms with Crippen molar-refractivity contribution < 1.29 is 24.0 Å². The van der Waals surface area contributed by atoms with Crippen molar-refractivity contribution in [3.63, 3.8) is 0 Å². The average molecular weight is 390 g/mol. The third kappa shape index (κ3) is 5.45. The lowest BCUT2D eigenvalue weighted by molar-refractivity contribution is -0.380. The fourth-order valence-electron chi connectivity index (χ4n) is 2.09. The lowest BCUT2D eigenvalue weighted by atomic mass is 9.87. The number of thiophene rings is 1. The van der Waals surface area contributed by atoms with E-state index in [1.807, 2.05) is 32.9 Å². The van der Waals surface area contributed by atoms with E-state index in [1.54, 1.807) is 12.1 Å². The maximum Gasteiger partial charge on any atom is 0.349 e. The van der Waals surface area contributed by atoms with Crippen molar-refractivity contribution in [2.45, 2.75) is 26.2 Å². The van der Waals surface area contributed by atoms with Crippen molar-refractivity contribution in [3.8, 4) is 0 Å². The first-order valence-electron chi connectivity index (χ1n) is 7.94. The van der Waals surface area contributed by atoms with Gasteiger partial charge in [0, 0.05) is 11.6 Å². The van der Waals surface area contributed by atoms with E-state index >= 15 is 0 Å².